The summed E-state index contributed by atoms with van der Waals surface area (Å²) in [6.45, 7) is 1.72. The van der Waals surface area contributed by atoms with Crippen molar-refractivity contribution in [3.8, 4) is 11.4 Å². The second-order valence-electron chi connectivity index (χ2n) is 6.18. The normalized spacial score (nSPS) is 15.8. The van der Waals surface area contributed by atoms with Crippen LogP contribution in [0.2, 0.25) is 0 Å². The van der Waals surface area contributed by atoms with E-state index in [0.717, 1.165) is 18.5 Å². The number of ether oxygens (including phenoxy) is 1. The molecule has 8 nitrogen and oxygen atoms in total. The number of carbonyl (C=O) groups is 2. The quantitative estimate of drug-likeness (QED) is 0.855. The third-order valence-corrected chi connectivity index (χ3v) is 4.65. The van der Waals surface area contributed by atoms with Gasteiger partial charge in [0.1, 0.15) is 11.3 Å². The lowest BCUT2D eigenvalue weighted by atomic mass is 9.97. The number of nitrogens with one attached hydrogen (secondary N) is 1. The van der Waals surface area contributed by atoms with Gasteiger partial charge in [0.15, 0.2) is 5.69 Å². The topological polar surface area (TPSA) is 106 Å². The van der Waals surface area contributed by atoms with Gasteiger partial charge >= 0.3 is 5.97 Å². The first-order valence-corrected chi connectivity index (χ1v) is 8.09. The van der Waals surface area contributed by atoms with Crippen molar-refractivity contribution >= 4 is 11.9 Å². The number of carbonyl (C=O) groups excluding carboxylic acids is 1. The fraction of sp³-hybridized carbons (Fsp3) is 0.412. The predicted molar refractivity (Wildman–Crippen MR) is 88.9 cm³/mol. The van der Waals surface area contributed by atoms with Crippen LogP contribution in [0, 0.1) is 6.92 Å². The van der Waals surface area contributed by atoms with Crippen molar-refractivity contribution in [2.45, 2.75) is 38.1 Å². The minimum atomic E-state index is -1.20. The summed E-state index contributed by atoms with van der Waals surface area (Å²) in [5.41, 5.74) is 0.205. The van der Waals surface area contributed by atoms with Crippen molar-refractivity contribution in [3.63, 3.8) is 0 Å². The summed E-state index contributed by atoms with van der Waals surface area (Å²) in [5, 5.41) is 20.1. The number of aliphatic carboxylic acids is 1. The van der Waals surface area contributed by atoms with Crippen molar-refractivity contribution in [1.82, 2.24) is 20.3 Å². The molecule has 0 bridgehead atoms. The number of hydrogen-bond donors (Lipinski definition) is 2. The van der Waals surface area contributed by atoms with E-state index in [1.165, 1.54) is 4.68 Å². The van der Waals surface area contributed by atoms with Gasteiger partial charge in [-0.1, -0.05) is 18.1 Å². The number of carboxylic acid groups (broad SMARTS) is 1. The molecule has 3 rings (SSSR count). The molecule has 1 heterocycles. The number of hydrogen-bond acceptors (Lipinski definition) is 5. The number of rotatable bonds is 5. The maximum absolute atomic E-state index is 12.6. The first-order valence-electron chi connectivity index (χ1n) is 8.09. The summed E-state index contributed by atoms with van der Waals surface area (Å²) in [7, 11) is 1.58. The van der Waals surface area contributed by atoms with Crippen LogP contribution >= 0.6 is 0 Å². The molecule has 1 fully saturated rings. The van der Waals surface area contributed by atoms with Gasteiger partial charge in [-0.15, -0.1) is 5.10 Å². The van der Waals surface area contributed by atoms with Crippen LogP contribution in [0.1, 0.15) is 41.9 Å². The van der Waals surface area contributed by atoms with Crippen LogP contribution in [-0.2, 0) is 4.79 Å². The average Bonchev–Trinajstić information content (AvgIpc) is 3.22. The number of amides is 1. The molecule has 1 aliphatic carbocycles. The lowest BCUT2D eigenvalue weighted by Gasteiger charge is -2.24. The van der Waals surface area contributed by atoms with Crippen LogP contribution < -0.4 is 10.1 Å². The molecule has 0 unspecified atom stereocenters. The highest BCUT2D eigenvalue weighted by atomic mass is 16.5. The Balaban J connectivity index is 1.84. The molecule has 2 N–H and O–H groups in total. The maximum atomic E-state index is 12.6. The molecule has 25 heavy (non-hydrogen) atoms. The summed E-state index contributed by atoms with van der Waals surface area (Å²) in [6.07, 6.45) is 2.42. The summed E-state index contributed by atoms with van der Waals surface area (Å²) < 4.78 is 6.66. The van der Waals surface area contributed by atoms with E-state index >= 15 is 0 Å². The van der Waals surface area contributed by atoms with E-state index in [1.807, 2.05) is 0 Å². The minimum absolute atomic E-state index is 0.128. The van der Waals surface area contributed by atoms with Gasteiger partial charge in [-0.3, -0.25) is 4.79 Å². The van der Waals surface area contributed by atoms with Crippen molar-refractivity contribution < 1.29 is 19.4 Å². The van der Waals surface area contributed by atoms with Crippen LogP contribution in [0.4, 0.5) is 0 Å². The highest BCUT2D eigenvalue weighted by molar-refractivity contribution is 5.97. The van der Waals surface area contributed by atoms with Crippen molar-refractivity contribution in [2.75, 3.05) is 7.11 Å². The SMILES string of the molecule is COc1ccc(-n2nnc(C(=O)NC3(C(=O)O)CCCC3)c2C)cc1. The Morgan fingerprint density at radius 2 is 1.88 bits per heavy atom. The second-order valence-corrected chi connectivity index (χ2v) is 6.18. The number of benzene rings is 1. The Bertz CT molecular complexity index is 791. The van der Waals surface area contributed by atoms with E-state index in [9.17, 15) is 14.7 Å². The fourth-order valence-electron chi connectivity index (χ4n) is 3.16. The van der Waals surface area contributed by atoms with Crippen LogP contribution in [0.3, 0.4) is 0 Å². The zero-order chi connectivity index (χ0) is 18.0. The van der Waals surface area contributed by atoms with Gasteiger partial charge in [0.2, 0.25) is 0 Å². The summed E-state index contributed by atoms with van der Waals surface area (Å²) in [4.78, 5) is 24.2. The lowest BCUT2D eigenvalue weighted by Crippen LogP contribution is -2.52. The molecular formula is C17H20N4O4. The van der Waals surface area contributed by atoms with Gasteiger partial charge < -0.3 is 15.2 Å². The van der Waals surface area contributed by atoms with Crippen molar-refractivity contribution in [3.05, 3.63) is 35.7 Å². The molecule has 0 aliphatic heterocycles. The minimum Gasteiger partial charge on any atom is -0.497 e. The van der Waals surface area contributed by atoms with Gasteiger partial charge in [0, 0.05) is 0 Å². The van der Waals surface area contributed by atoms with Gasteiger partial charge in [-0.25, -0.2) is 9.48 Å². The van der Waals surface area contributed by atoms with Crippen LogP contribution in [0.25, 0.3) is 5.69 Å². The summed E-state index contributed by atoms with van der Waals surface area (Å²) in [6, 6.07) is 7.18. The molecule has 0 radical (unpaired) electrons. The van der Waals surface area contributed by atoms with Gasteiger partial charge in [0.05, 0.1) is 18.5 Å². The Kier molecular flexibility index (Phi) is 4.43. The number of carboxylic acids is 1. The Morgan fingerprint density at radius 3 is 2.44 bits per heavy atom. The van der Waals surface area contributed by atoms with E-state index in [2.05, 4.69) is 15.6 Å². The zero-order valence-corrected chi connectivity index (χ0v) is 14.2. The third-order valence-electron chi connectivity index (χ3n) is 4.65. The first kappa shape index (κ1) is 16.9. The molecule has 1 aromatic carbocycles. The second kappa shape index (κ2) is 6.54. The van der Waals surface area contributed by atoms with Gasteiger partial charge in [-0.05, 0) is 44.0 Å². The van der Waals surface area contributed by atoms with Gasteiger partial charge in [0.25, 0.3) is 5.91 Å². The van der Waals surface area contributed by atoms with Crippen LogP contribution in [-0.4, -0.2) is 44.6 Å². The monoisotopic (exact) mass is 344 g/mol. The molecule has 1 aliphatic rings. The largest absolute Gasteiger partial charge is 0.497 e. The van der Waals surface area contributed by atoms with Crippen LogP contribution in [0.5, 0.6) is 5.75 Å². The molecule has 2 aromatic rings. The number of methoxy groups -OCH3 is 1. The third kappa shape index (κ3) is 3.07. The first-order chi connectivity index (χ1) is 12.0. The summed E-state index contributed by atoms with van der Waals surface area (Å²) >= 11 is 0. The standard InChI is InChI=1S/C17H20N4O4/c1-11-14(15(22)18-17(16(23)24)9-3-4-10-17)19-20-21(11)12-5-7-13(25-2)8-6-12/h5-8H,3-4,9-10H2,1-2H3,(H,18,22)(H,23,24). The molecule has 8 heteroatoms. The molecule has 0 spiro atoms. The van der Waals surface area contributed by atoms with Gasteiger partial charge in [-0.2, -0.15) is 0 Å². The van der Waals surface area contributed by atoms with Crippen LogP contribution in [0.15, 0.2) is 24.3 Å². The van der Waals surface area contributed by atoms with E-state index in [-0.39, 0.29) is 5.69 Å². The average molecular weight is 344 g/mol. The zero-order valence-electron chi connectivity index (χ0n) is 14.2. The fourth-order valence-corrected chi connectivity index (χ4v) is 3.16. The van der Waals surface area contributed by atoms with E-state index < -0.39 is 17.4 Å². The predicted octanol–water partition coefficient (Wildman–Crippen LogP) is 1.71. The van der Waals surface area contributed by atoms with E-state index in [1.54, 1.807) is 38.3 Å². The highest BCUT2D eigenvalue weighted by Gasteiger charge is 2.43. The smallest absolute Gasteiger partial charge is 0.329 e. The highest BCUT2D eigenvalue weighted by Crippen LogP contribution is 2.30. The Morgan fingerprint density at radius 1 is 1.24 bits per heavy atom. The Labute approximate surface area is 144 Å². The lowest BCUT2D eigenvalue weighted by molar-refractivity contribution is -0.144. The number of nitrogens with zero attached hydrogens (tertiary/aromatic N) is 3. The van der Waals surface area contributed by atoms with E-state index in [4.69, 9.17) is 4.74 Å². The molecule has 1 saturated carbocycles. The summed E-state index contributed by atoms with van der Waals surface area (Å²) in [5.74, 6) is -0.802. The molecule has 1 aromatic heterocycles. The molecule has 1 amide bonds. The molecule has 0 saturated heterocycles. The molecule has 0 atom stereocenters. The molecular weight excluding hydrogens is 324 g/mol. The number of aromatic nitrogens is 3. The maximum Gasteiger partial charge on any atom is 0.329 e. The molecule has 132 valence electrons. The van der Waals surface area contributed by atoms with Crippen molar-refractivity contribution in [1.29, 1.82) is 0 Å². The van der Waals surface area contributed by atoms with E-state index in [0.29, 0.717) is 24.3 Å². The van der Waals surface area contributed by atoms with Crippen molar-refractivity contribution in [2.24, 2.45) is 0 Å². The Hall–Kier alpha value is -2.90.